The molecule has 0 saturated carbocycles. The molecular formula is C23H28O11. The molecule has 7 atom stereocenters. The van der Waals surface area contributed by atoms with Gasteiger partial charge in [-0.2, -0.15) is 0 Å². The van der Waals surface area contributed by atoms with Crippen LogP contribution in [0.4, 0.5) is 0 Å². The molecule has 2 heterocycles. The molecule has 0 unspecified atom stereocenters. The highest BCUT2D eigenvalue weighted by molar-refractivity contribution is 5.57. The number of hydrogen-bond acceptors (Lipinski definition) is 11. The van der Waals surface area contributed by atoms with Crippen molar-refractivity contribution in [2.24, 2.45) is 0 Å². The number of phenols is 1. The first-order chi connectivity index (χ1) is 16.3. The smallest absolute Gasteiger partial charge is 0.229 e. The third-order valence-corrected chi connectivity index (χ3v) is 6.15. The maximum Gasteiger partial charge on any atom is 0.229 e. The largest absolute Gasteiger partial charge is 0.504 e. The van der Waals surface area contributed by atoms with Crippen molar-refractivity contribution >= 4 is 0 Å². The predicted molar refractivity (Wildman–Crippen MR) is 115 cm³/mol. The summed E-state index contributed by atoms with van der Waals surface area (Å²) in [6, 6.07) is 7.85. The van der Waals surface area contributed by atoms with Crippen molar-refractivity contribution in [2.75, 3.05) is 27.4 Å². The molecule has 186 valence electrons. The number of aliphatic hydroxyl groups is 5. The zero-order valence-electron chi connectivity index (χ0n) is 18.6. The van der Waals surface area contributed by atoms with Gasteiger partial charge in [0.2, 0.25) is 12.0 Å². The van der Waals surface area contributed by atoms with Crippen LogP contribution in [-0.2, 0) is 4.74 Å². The number of hydrogen-bond donors (Lipinski definition) is 6. The summed E-state index contributed by atoms with van der Waals surface area (Å²) in [6.45, 7) is -0.532. The topological polar surface area (TPSA) is 168 Å². The third kappa shape index (κ3) is 4.22. The Hall–Kier alpha value is -2.80. The van der Waals surface area contributed by atoms with Crippen LogP contribution in [0.15, 0.2) is 30.3 Å². The molecule has 0 radical (unpaired) electrons. The Balaban J connectivity index is 1.54. The van der Waals surface area contributed by atoms with E-state index >= 15 is 0 Å². The maximum atomic E-state index is 11.0. The number of fused-ring (bicyclic) bond motifs is 1. The summed E-state index contributed by atoms with van der Waals surface area (Å²) in [4.78, 5) is 0. The van der Waals surface area contributed by atoms with Gasteiger partial charge < -0.3 is 54.3 Å². The molecule has 2 aromatic carbocycles. The van der Waals surface area contributed by atoms with Gasteiger partial charge in [-0.25, -0.2) is 0 Å². The van der Waals surface area contributed by atoms with Crippen molar-refractivity contribution < 1.29 is 54.3 Å². The number of benzene rings is 2. The lowest BCUT2D eigenvalue weighted by Gasteiger charge is -2.39. The Morgan fingerprint density at radius 2 is 1.68 bits per heavy atom. The standard InChI is InChI=1S/C23H28O11/c1-30-14-6-5-11(18(26)22(14)31-2)13-9-32-15-7-10(3-4-12(15)17(13)25)33-23-21(29)20(28)19(27)16(8-24)34-23/h3-7,13,16-17,19-21,23-29H,8-9H2,1-2H3/t13-,16-,17-,19-,20+,21-,23-/m0/s1. The van der Waals surface area contributed by atoms with Crippen LogP contribution in [0, 0.1) is 0 Å². The minimum Gasteiger partial charge on any atom is -0.504 e. The van der Waals surface area contributed by atoms with Crippen molar-refractivity contribution in [1.29, 1.82) is 0 Å². The van der Waals surface area contributed by atoms with Crippen molar-refractivity contribution in [3.8, 4) is 28.7 Å². The van der Waals surface area contributed by atoms with Gasteiger partial charge in [0, 0.05) is 17.2 Å². The van der Waals surface area contributed by atoms with Crippen molar-refractivity contribution in [3.63, 3.8) is 0 Å². The summed E-state index contributed by atoms with van der Waals surface area (Å²) in [7, 11) is 2.86. The van der Waals surface area contributed by atoms with E-state index in [0.29, 0.717) is 22.6 Å². The molecule has 0 bridgehead atoms. The molecule has 2 aliphatic heterocycles. The summed E-state index contributed by atoms with van der Waals surface area (Å²) < 4.78 is 27.2. The molecule has 1 saturated heterocycles. The fourth-order valence-corrected chi connectivity index (χ4v) is 4.23. The minimum absolute atomic E-state index is 0.0424. The molecule has 0 spiro atoms. The van der Waals surface area contributed by atoms with E-state index in [1.807, 2.05) is 0 Å². The fraction of sp³-hybridized carbons (Fsp3) is 0.478. The predicted octanol–water partition coefficient (Wildman–Crippen LogP) is -0.202. The first-order valence-corrected chi connectivity index (χ1v) is 10.7. The van der Waals surface area contributed by atoms with Crippen molar-refractivity contribution in [1.82, 2.24) is 0 Å². The first-order valence-electron chi connectivity index (χ1n) is 10.7. The number of methoxy groups -OCH3 is 2. The van der Waals surface area contributed by atoms with Crippen molar-refractivity contribution in [2.45, 2.75) is 42.7 Å². The van der Waals surface area contributed by atoms with Gasteiger partial charge in [-0.15, -0.1) is 0 Å². The summed E-state index contributed by atoms with van der Waals surface area (Å²) in [5.41, 5.74) is 0.879. The lowest BCUT2D eigenvalue weighted by molar-refractivity contribution is -0.277. The molecule has 11 nitrogen and oxygen atoms in total. The molecular weight excluding hydrogens is 452 g/mol. The Labute approximate surface area is 195 Å². The third-order valence-electron chi connectivity index (χ3n) is 6.15. The van der Waals surface area contributed by atoms with E-state index in [4.69, 9.17) is 23.7 Å². The van der Waals surface area contributed by atoms with Crippen LogP contribution in [0.1, 0.15) is 23.1 Å². The molecule has 11 heteroatoms. The van der Waals surface area contributed by atoms with E-state index in [-0.39, 0.29) is 23.9 Å². The first kappa shape index (κ1) is 24.3. The van der Waals surface area contributed by atoms with Crippen LogP contribution in [-0.4, -0.2) is 88.8 Å². The highest BCUT2D eigenvalue weighted by Gasteiger charge is 2.45. The summed E-state index contributed by atoms with van der Waals surface area (Å²) in [5.74, 6) is 0.296. The lowest BCUT2D eigenvalue weighted by Crippen LogP contribution is -2.60. The Morgan fingerprint density at radius 1 is 0.941 bits per heavy atom. The van der Waals surface area contributed by atoms with E-state index in [1.165, 1.54) is 26.4 Å². The quantitative estimate of drug-likeness (QED) is 0.324. The second kappa shape index (κ2) is 9.82. The van der Waals surface area contributed by atoms with Gasteiger partial charge in [-0.05, 0) is 18.2 Å². The highest BCUT2D eigenvalue weighted by Crippen LogP contribution is 2.48. The number of phenolic OH excluding ortho intramolecular Hbond substituents is 1. The fourth-order valence-electron chi connectivity index (χ4n) is 4.23. The molecule has 34 heavy (non-hydrogen) atoms. The second-order valence-electron chi connectivity index (χ2n) is 8.12. The number of aliphatic hydroxyl groups excluding tert-OH is 5. The number of ether oxygens (including phenoxy) is 5. The monoisotopic (exact) mass is 480 g/mol. The second-order valence-corrected chi connectivity index (χ2v) is 8.12. The molecule has 1 fully saturated rings. The summed E-state index contributed by atoms with van der Waals surface area (Å²) in [5, 5.41) is 61.0. The van der Waals surface area contributed by atoms with Gasteiger partial charge in [-0.3, -0.25) is 0 Å². The van der Waals surface area contributed by atoms with Gasteiger partial charge >= 0.3 is 0 Å². The zero-order valence-corrected chi connectivity index (χ0v) is 18.6. The average molecular weight is 480 g/mol. The van der Waals surface area contributed by atoms with Gasteiger partial charge in [0.05, 0.1) is 39.5 Å². The lowest BCUT2D eigenvalue weighted by atomic mass is 9.86. The summed E-state index contributed by atoms with van der Waals surface area (Å²) >= 11 is 0. The van der Waals surface area contributed by atoms with E-state index < -0.39 is 49.3 Å². The molecule has 2 aromatic rings. The molecule has 0 amide bonds. The molecule has 2 aliphatic rings. The molecule has 4 rings (SSSR count). The van der Waals surface area contributed by atoms with E-state index in [2.05, 4.69) is 0 Å². The Bertz CT molecular complexity index is 1010. The Kier molecular flexibility index (Phi) is 7.03. The van der Waals surface area contributed by atoms with E-state index in [9.17, 15) is 30.6 Å². The minimum atomic E-state index is -1.57. The van der Waals surface area contributed by atoms with Crippen LogP contribution in [0.3, 0.4) is 0 Å². The highest BCUT2D eigenvalue weighted by atomic mass is 16.7. The van der Waals surface area contributed by atoms with Crippen LogP contribution < -0.4 is 18.9 Å². The number of rotatable bonds is 6. The summed E-state index contributed by atoms with van der Waals surface area (Å²) in [6.07, 6.45) is -8.09. The Morgan fingerprint density at radius 3 is 2.35 bits per heavy atom. The van der Waals surface area contributed by atoms with E-state index in [0.717, 1.165) is 0 Å². The maximum absolute atomic E-state index is 11.0. The van der Waals surface area contributed by atoms with Gasteiger partial charge in [0.25, 0.3) is 0 Å². The van der Waals surface area contributed by atoms with Crippen LogP contribution in [0.5, 0.6) is 28.7 Å². The van der Waals surface area contributed by atoms with Crippen LogP contribution >= 0.6 is 0 Å². The molecule has 0 aromatic heterocycles. The van der Waals surface area contributed by atoms with Gasteiger partial charge in [0.15, 0.2) is 11.5 Å². The zero-order chi connectivity index (χ0) is 24.6. The normalized spacial score (nSPS) is 30.7. The van der Waals surface area contributed by atoms with Crippen molar-refractivity contribution in [3.05, 3.63) is 41.5 Å². The van der Waals surface area contributed by atoms with Crippen LogP contribution in [0.2, 0.25) is 0 Å². The average Bonchev–Trinajstić information content (AvgIpc) is 2.84. The van der Waals surface area contributed by atoms with Gasteiger partial charge in [-0.1, -0.05) is 6.07 Å². The SMILES string of the molecule is COc1ccc([C@@H]2COc3cc(O[C@H]4O[C@@H](CO)[C@H](O)[C@@H](O)[C@@H]4O)ccc3[C@@H]2O)c(O)c1OC. The van der Waals surface area contributed by atoms with E-state index in [1.54, 1.807) is 18.2 Å². The van der Waals surface area contributed by atoms with Gasteiger partial charge in [0.1, 0.15) is 35.9 Å². The van der Waals surface area contributed by atoms with Crippen LogP contribution in [0.25, 0.3) is 0 Å². The number of aromatic hydroxyl groups is 1. The molecule has 0 aliphatic carbocycles. The molecule has 6 N–H and O–H groups in total.